The van der Waals surface area contributed by atoms with Gasteiger partial charge in [-0.3, -0.25) is 0 Å². The van der Waals surface area contributed by atoms with Crippen molar-refractivity contribution in [1.29, 1.82) is 0 Å². The van der Waals surface area contributed by atoms with Crippen molar-refractivity contribution in [3.05, 3.63) is 6.92 Å². The van der Waals surface area contributed by atoms with E-state index in [0.29, 0.717) is 0 Å². The van der Waals surface area contributed by atoms with E-state index in [0.717, 1.165) is 0 Å². The third-order valence-electron chi connectivity index (χ3n) is 0.470. The molecule has 0 aliphatic carbocycles. The summed E-state index contributed by atoms with van der Waals surface area (Å²) in [6, 6.07) is 0. The van der Waals surface area contributed by atoms with Crippen molar-refractivity contribution in [2.75, 3.05) is 6.26 Å². The third kappa shape index (κ3) is 2.17. The van der Waals surface area contributed by atoms with Crippen LogP contribution in [0.3, 0.4) is 0 Å². The van der Waals surface area contributed by atoms with Gasteiger partial charge in [0.15, 0.2) is 0 Å². The van der Waals surface area contributed by atoms with E-state index in [1.165, 1.54) is 0 Å². The van der Waals surface area contributed by atoms with Crippen LogP contribution in [0.1, 0.15) is 0 Å². The second kappa shape index (κ2) is 3.11. The Balaban J connectivity index is 3.04. The molecular weight excluding hydrogens is 92.1 g/mol. The van der Waals surface area contributed by atoms with Gasteiger partial charge in [0, 0.05) is 0 Å². The van der Waals surface area contributed by atoms with Gasteiger partial charge in [0.25, 0.3) is 0 Å². The number of thioether (sulfide) groups is 1. The van der Waals surface area contributed by atoms with Crippen LogP contribution in [0.15, 0.2) is 0 Å². The van der Waals surface area contributed by atoms with Crippen molar-refractivity contribution in [1.82, 2.24) is 0 Å². The molecule has 0 spiro atoms. The third-order valence-corrected chi connectivity index (χ3v) is 1.18. The summed E-state index contributed by atoms with van der Waals surface area (Å²) < 4.78 is 0. The average molecular weight is 99.2 g/mol. The lowest BCUT2D eigenvalue weighted by Gasteiger charge is -1.90. The van der Waals surface area contributed by atoms with Crippen molar-refractivity contribution in [2.24, 2.45) is 0 Å². The molecule has 1 radical (unpaired) electrons. The Bertz CT molecular complexity index is 60.8. The van der Waals surface area contributed by atoms with Gasteiger partial charge in [-0.05, 0) is 13.2 Å². The van der Waals surface area contributed by atoms with Crippen molar-refractivity contribution in [2.45, 2.75) is 5.25 Å². The summed E-state index contributed by atoms with van der Waals surface area (Å²) in [5, 5.41) is 0.130. The Morgan fingerprint density at radius 2 is 2.50 bits per heavy atom. The summed E-state index contributed by atoms with van der Waals surface area (Å²) in [5.41, 5.74) is 0. The van der Waals surface area contributed by atoms with Crippen LogP contribution in [0.25, 0.3) is 0 Å². The fourth-order valence-electron chi connectivity index (χ4n) is 0.0680. The molecule has 33 valence electrons. The first kappa shape index (κ1) is 5.91. The lowest BCUT2D eigenvalue weighted by atomic mass is 10.5. The topological polar surface area (TPSA) is 0 Å². The summed E-state index contributed by atoms with van der Waals surface area (Å²) in [6.07, 6.45) is 6.89. The second-order valence-electron chi connectivity index (χ2n) is 0.891. The minimum absolute atomic E-state index is 0.130. The summed E-state index contributed by atoms with van der Waals surface area (Å²) >= 11 is 1.58. The summed E-state index contributed by atoms with van der Waals surface area (Å²) in [5.74, 6) is 2.47. The number of terminal acetylenes is 1. The van der Waals surface area contributed by atoms with E-state index in [9.17, 15) is 0 Å². The van der Waals surface area contributed by atoms with Gasteiger partial charge in [0.1, 0.15) is 0 Å². The molecule has 0 aromatic heterocycles. The minimum atomic E-state index is 0.130. The Kier molecular flexibility index (Phi) is 3.07. The normalized spacial score (nSPS) is 12.8. The maximum absolute atomic E-state index is 4.95. The molecule has 0 N–H and O–H groups in total. The molecule has 0 aliphatic heterocycles. The van der Waals surface area contributed by atoms with Crippen LogP contribution in [0.4, 0.5) is 0 Å². The molecular formula is C5H7S. The highest BCUT2D eigenvalue weighted by Gasteiger charge is 1.85. The van der Waals surface area contributed by atoms with Crippen LogP contribution >= 0.6 is 11.8 Å². The van der Waals surface area contributed by atoms with E-state index in [1.54, 1.807) is 11.8 Å². The largest absolute Gasteiger partial charge is 0.149 e. The average Bonchev–Trinajstić information content (AvgIpc) is 1.65. The minimum Gasteiger partial charge on any atom is -0.149 e. The van der Waals surface area contributed by atoms with Crippen molar-refractivity contribution in [3.8, 4) is 12.3 Å². The smallest absolute Gasteiger partial charge is 0.0652 e. The number of hydrogen-bond acceptors (Lipinski definition) is 1. The highest BCUT2D eigenvalue weighted by molar-refractivity contribution is 7.99. The zero-order valence-corrected chi connectivity index (χ0v) is 4.59. The van der Waals surface area contributed by atoms with E-state index < -0.39 is 0 Å². The standard InChI is InChI=1S/C5H7S/c1-4-5(2)6-3/h1,5H,2H2,3H3. The highest BCUT2D eigenvalue weighted by Crippen LogP contribution is 1.99. The van der Waals surface area contributed by atoms with Gasteiger partial charge < -0.3 is 0 Å². The molecule has 0 fully saturated rings. The van der Waals surface area contributed by atoms with Gasteiger partial charge in [0.05, 0.1) is 5.25 Å². The van der Waals surface area contributed by atoms with Crippen molar-refractivity contribution >= 4 is 11.8 Å². The fraction of sp³-hybridized carbons (Fsp3) is 0.400. The van der Waals surface area contributed by atoms with E-state index in [1.807, 2.05) is 6.26 Å². The van der Waals surface area contributed by atoms with Gasteiger partial charge in [-0.1, -0.05) is 5.92 Å². The molecule has 1 unspecified atom stereocenters. The van der Waals surface area contributed by atoms with Crippen molar-refractivity contribution in [3.63, 3.8) is 0 Å². The highest BCUT2D eigenvalue weighted by atomic mass is 32.2. The molecule has 0 heterocycles. The molecule has 0 aromatic rings. The molecule has 1 heteroatoms. The molecule has 0 amide bonds. The molecule has 0 rings (SSSR count). The zero-order valence-electron chi connectivity index (χ0n) is 3.77. The van der Waals surface area contributed by atoms with Gasteiger partial charge in [-0.2, -0.15) is 0 Å². The first-order valence-corrected chi connectivity index (χ1v) is 2.92. The van der Waals surface area contributed by atoms with E-state index >= 15 is 0 Å². The quantitative estimate of drug-likeness (QED) is 0.445. The zero-order chi connectivity index (χ0) is 4.99. The molecule has 0 aromatic carbocycles. The molecule has 0 bridgehead atoms. The second-order valence-corrected chi connectivity index (χ2v) is 1.93. The molecule has 0 nitrogen and oxygen atoms in total. The van der Waals surface area contributed by atoms with Gasteiger partial charge in [-0.25, -0.2) is 0 Å². The fourth-order valence-corrected chi connectivity index (χ4v) is 0.204. The maximum Gasteiger partial charge on any atom is 0.0652 e. The number of rotatable bonds is 1. The van der Waals surface area contributed by atoms with Gasteiger partial charge >= 0.3 is 0 Å². The van der Waals surface area contributed by atoms with Crippen LogP contribution in [0.2, 0.25) is 0 Å². The predicted octanol–water partition coefficient (Wildman–Crippen LogP) is 1.19. The maximum atomic E-state index is 4.95. The van der Waals surface area contributed by atoms with E-state index in [-0.39, 0.29) is 5.25 Å². The molecule has 0 aliphatic rings. The first-order chi connectivity index (χ1) is 2.81. The van der Waals surface area contributed by atoms with E-state index in [2.05, 4.69) is 12.8 Å². The van der Waals surface area contributed by atoms with Gasteiger partial charge in [-0.15, -0.1) is 18.2 Å². The SMILES string of the molecule is C#CC([CH2])SC. The Morgan fingerprint density at radius 3 is 2.50 bits per heavy atom. The molecule has 1 atom stereocenters. The van der Waals surface area contributed by atoms with E-state index in [4.69, 9.17) is 6.42 Å². The Hall–Kier alpha value is -0.0900. The van der Waals surface area contributed by atoms with Crippen LogP contribution in [-0.4, -0.2) is 11.5 Å². The van der Waals surface area contributed by atoms with Crippen LogP contribution < -0.4 is 0 Å². The van der Waals surface area contributed by atoms with Crippen LogP contribution in [0, 0.1) is 19.3 Å². The van der Waals surface area contributed by atoms with Crippen LogP contribution in [-0.2, 0) is 0 Å². The Labute approximate surface area is 43.3 Å². The number of hydrogen-bond donors (Lipinski definition) is 0. The Morgan fingerprint density at radius 1 is 2.00 bits per heavy atom. The van der Waals surface area contributed by atoms with Gasteiger partial charge in [0.2, 0.25) is 0 Å². The predicted molar refractivity (Wildman–Crippen MR) is 31.5 cm³/mol. The lowest BCUT2D eigenvalue weighted by Crippen LogP contribution is -1.85. The van der Waals surface area contributed by atoms with Crippen LogP contribution in [0.5, 0.6) is 0 Å². The molecule has 0 saturated carbocycles. The summed E-state index contributed by atoms with van der Waals surface area (Å²) in [4.78, 5) is 0. The lowest BCUT2D eigenvalue weighted by molar-refractivity contribution is 1.52. The summed E-state index contributed by atoms with van der Waals surface area (Å²) in [6.45, 7) is 3.60. The molecule has 6 heavy (non-hydrogen) atoms. The molecule has 0 saturated heterocycles. The first-order valence-electron chi connectivity index (χ1n) is 1.63. The van der Waals surface area contributed by atoms with Crippen molar-refractivity contribution < 1.29 is 0 Å². The monoisotopic (exact) mass is 99.0 g/mol. The summed E-state index contributed by atoms with van der Waals surface area (Å²) in [7, 11) is 0.